The Morgan fingerprint density at radius 1 is 1.25 bits per heavy atom. The number of aliphatic imine (C=N–C) groups is 1. The van der Waals surface area contributed by atoms with Crippen molar-refractivity contribution in [1.29, 1.82) is 0 Å². The van der Waals surface area contributed by atoms with E-state index in [1.54, 1.807) is 0 Å². The Kier molecular flexibility index (Phi) is 9.97. The quantitative estimate of drug-likeness (QED) is 0.105. The maximum absolute atomic E-state index is 12.3. The van der Waals surface area contributed by atoms with Gasteiger partial charge in [0.05, 0.1) is 24.5 Å². The maximum atomic E-state index is 12.3. The highest BCUT2D eigenvalue weighted by atomic mass is 32.2. The van der Waals surface area contributed by atoms with Gasteiger partial charge in [0.25, 0.3) is 5.16 Å². The van der Waals surface area contributed by atoms with Crippen molar-refractivity contribution in [3.63, 3.8) is 0 Å². The Bertz CT molecular complexity index is 919. The van der Waals surface area contributed by atoms with Gasteiger partial charge in [0.15, 0.2) is 11.5 Å². The van der Waals surface area contributed by atoms with E-state index in [0.717, 1.165) is 60.6 Å². The number of fused-ring (bicyclic) bond motifs is 1. The molecule has 0 unspecified atom stereocenters. The average Bonchev–Trinajstić information content (AvgIpc) is 3.08. The molecule has 0 fully saturated rings. The number of aromatic amines is 1. The van der Waals surface area contributed by atoms with Crippen molar-refractivity contribution in [2.24, 2.45) is 16.5 Å². The van der Waals surface area contributed by atoms with Crippen LogP contribution in [0.2, 0.25) is 0 Å². The van der Waals surface area contributed by atoms with Crippen molar-refractivity contribution in [3.8, 4) is 0 Å². The number of nitrogens with two attached hydrogens (primary N) is 2. The lowest BCUT2D eigenvalue weighted by atomic mass is 10.3. The summed E-state index contributed by atoms with van der Waals surface area (Å²) in [5, 5.41) is 3.72. The molecule has 6 N–H and O–H groups in total. The number of H-pyrrole nitrogens is 1. The topological polar surface area (TPSA) is 145 Å². The number of rotatable bonds is 13. The summed E-state index contributed by atoms with van der Waals surface area (Å²) in [6.07, 6.45) is 0.965. The number of hydrogen-bond acceptors (Lipinski definition) is 7. The first-order valence-corrected chi connectivity index (χ1v) is 11.9. The monoisotopic (exact) mass is 465 g/mol. The molecule has 0 bridgehead atoms. The van der Waals surface area contributed by atoms with Crippen molar-refractivity contribution in [2.75, 3.05) is 57.5 Å². The largest absolute Gasteiger partial charge is 0.370 e. The van der Waals surface area contributed by atoms with Gasteiger partial charge in [0.2, 0.25) is 5.91 Å². The number of nitrogens with zero attached hydrogens (tertiary/aromatic N) is 6. The summed E-state index contributed by atoms with van der Waals surface area (Å²) in [6, 6.07) is 0. The van der Waals surface area contributed by atoms with E-state index in [2.05, 4.69) is 57.6 Å². The Morgan fingerprint density at radius 2 is 1.97 bits per heavy atom. The van der Waals surface area contributed by atoms with Crippen LogP contribution in [0.15, 0.2) is 10.1 Å². The first-order chi connectivity index (χ1) is 15.3. The molecular formula is C20H37N10OS+. The van der Waals surface area contributed by atoms with E-state index in [-0.39, 0.29) is 17.6 Å². The number of aromatic nitrogens is 4. The molecule has 0 aliphatic carbocycles. The van der Waals surface area contributed by atoms with Gasteiger partial charge in [-0.3, -0.25) is 14.8 Å². The highest BCUT2D eigenvalue weighted by Crippen LogP contribution is 2.21. The summed E-state index contributed by atoms with van der Waals surface area (Å²) >= 11 is 1.45. The van der Waals surface area contributed by atoms with Gasteiger partial charge >= 0.3 is 11.6 Å². The molecule has 11 nitrogen and oxygen atoms in total. The fourth-order valence-corrected chi connectivity index (χ4v) is 4.11. The summed E-state index contributed by atoms with van der Waals surface area (Å²) in [5.74, 6) is 0.948. The number of guanidine groups is 1. The van der Waals surface area contributed by atoms with Gasteiger partial charge in [-0.15, -0.1) is 0 Å². The molecule has 32 heavy (non-hydrogen) atoms. The van der Waals surface area contributed by atoms with Crippen LogP contribution in [-0.2, 0) is 11.3 Å². The smallest absolute Gasteiger partial charge is 0.308 e. The lowest BCUT2D eigenvalue weighted by Crippen LogP contribution is -2.38. The minimum Gasteiger partial charge on any atom is -0.370 e. The first-order valence-electron chi connectivity index (χ1n) is 10.9. The Balaban J connectivity index is 2.25. The zero-order chi connectivity index (χ0) is 23.7. The number of carbonyl (C=O) groups excluding carboxylic acids is 1. The van der Waals surface area contributed by atoms with Crippen molar-refractivity contribution in [3.05, 3.63) is 5.69 Å². The number of thioether (sulfide) groups is 1. The van der Waals surface area contributed by atoms with Crippen LogP contribution in [0.3, 0.4) is 0 Å². The predicted octanol–water partition coefficient (Wildman–Crippen LogP) is -0.167. The molecule has 0 aliphatic heterocycles. The van der Waals surface area contributed by atoms with Crippen molar-refractivity contribution < 1.29 is 9.36 Å². The second-order valence-electron chi connectivity index (χ2n) is 7.66. The van der Waals surface area contributed by atoms with E-state index in [9.17, 15) is 4.79 Å². The predicted molar refractivity (Wildman–Crippen MR) is 130 cm³/mol. The lowest BCUT2D eigenvalue weighted by Gasteiger charge is -2.15. The molecule has 1 amide bonds. The van der Waals surface area contributed by atoms with Gasteiger partial charge in [0.1, 0.15) is 0 Å². The molecule has 0 radical (unpaired) electrons. The van der Waals surface area contributed by atoms with E-state index in [0.29, 0.717) is 13.1 Å². The van der Waals surface area contributed by atoms with E-state index in [1.807, 2.05) is 6.92 Å². The van der Waals surface area contributed by atoms with Crippen LogP contribution in [0.1, 0.15) is 26.0 Å². The number of anilines is 1. The number of hydrogen-bond donors (Lipinski definition) is 4. The Hall–Kier alpha value is -2.60. The van der Waals surface area contributed by atoms with Crippen LogP contribution in [0.4, 0.5) is 5.95 Å². The minimum absolute atomic E-state index is 0.0195. The molecule has 0 spiro atoms. The van der Waals surface area contributed by atoms with Crippen molar-refractivity contribution in [1.82, 2.24) is 25.2 Å². The molecule has 2 aromatic rings. The summed E-state index contributed by atoms with van der Waals surface area (Å²) < 4.78 is 2.16. The highest BCUT2D eigenvalue weighted by molar-refractivity contribution is 7.99. The SMILES string of the molecule is CCN(CC)c1nc(C)c2[nH]c(SCC(=O)NCCN=C(N)N)[n+](CCCN(C)C)c2n1. The molecular weight excluding hydrogens is 428 g/mol. The zero-order valence-corrected chi connectivity index (χ0v) is 20.6. The molecule has 178 valence electrons. The maximum Gasteiger partial charge on any atom is 0.308 e. The third-order valence-corrected chi connectivity index (χ3v) is 5.90. The van der Waals surface area contributed by atoms with Crippen LogP contribution in [0.25, 0.3) is 11.2 Å². The molecule has 2 heterocycles. The summed E-state index contributed by atoms with van der Waals surface area (Å²) in [6.45, 7) is 10.4. The summed E-state index contributed by atoms with van der Waals surface area (Å²) in [4.78, 5) is 33.5. The number of carbonyl (C=O) groups is 1. The molecule has 0 saturated carbocycles. The Morgan fingerprint density at radius 3 is 2.59 bits per heavy atom. The van der Waals surface area contributed by atoms with Crippen molar-refractivity contribution >= 4 is 40.7 Å². The van der Waals surface area contributed by atoms with Crippen molar-refractivity contribution in [2.45, 2.75) is 38.9 Å². The van der Waals surface area contributed by atoms with Gasteiger partial charge in [-0.1, -0.05) is 4.98 Å². The average molecular weight is 466 g/mol. The van der Waals surface area contributed by atoms with E-state index < -0.39 is 0 Å². The second kappa shape index (κ2) is 12.4. The lowest BCUT2D eigenvalue weighted by molar-refractivity contribution is -0.710. The van der Waals surface area contributed by atoms with E-state index in [4.69, 9.17) is 21.4 Å². The van der Waals surface area contributed by atoms with Crippen LogP contribution in [0.5, 0.6) is 0 Å². The van der Waals surface area contributed by atoms with E-state index in [1.165, 1.54) is 11.8 Å². The van der Waals surface area contributed by atoms with Crippen LogP contribution < -0.4 is 26.3 Å². The standard InChI is InChI=1S/C20H36N10OS/c1-6-29(7-2)19-25-14(3)16-17(27-19)30(12-8-11-28(4)5)20(26-16)32-13-15(31)23-9-10-24-18(21)22/h6-13H2,1-5H3,(H5,21,22,23,24,31)/p+1. The molecule has 0 aliphatic rings. The number of imidazole rings is 1. The Labute approximate surface area is 194 Å². The third-order valence-electron chi connectivity index (χ3n) is 4.89. The first kappa shape index (κ1) is 25.7. The third kappa shape index (κ3) is 7.23. The molecule has 0 aromatic carbocycles. The molecule has 0 saturated heterocycles. The van der Waals surface area contributed by atoms with Gasteiger partial charge in [-0.05, 0) is 53.0 Å². The molecule has 2 aromatic heterocycles. The van der Waals surface area contributed by atoms with Crippen LogP contribution in [-0.4, -0.2) is 84.3 Å². The van der Waals surface area contributed by atoms with Crippen LogP contribution in [0, 0.1) is 6.92 Å². The van der Waals surface area contributed by atoms with Gasteiger partial charge in [-0.25, -0.2) is 4.57 Å². The summed E-state index contributed by atoms with van der Waals surface area (Å²) in [5.41, 5.74) is 13.3. The summed E-state index contributed by atoms with van der Waals surface area (Å²) in [7, 11) is 4.13. The number of aryl methyl sites for hydroxylation is 2. The van der Waals surface area contributed by atoms with Gasteiger partial charge in [0, 0.05) is 26.2 Å². The van der Waals surface area contributed by atoms with E-state index >= 15 is 0 Å². The van der Waals surface area contributed by atoms with Gasteiger partial charge < -0.3 is 26.6 Å². The normalized spacial score (nSPS) is 11.2. The molecule has 2 rings (SSSR count). The fraction of sp³-hybridized carbons (Fsp3) is 0.650. The van der Waals surface area contributed by atoms with Gasteiger partial charge in [-0.2, -0.15) is 4.98 Å². The van der Waals surface area contributed by atoms with Crippen LogP contribution >= 0.6 is 11.8 Å². The molecule has 0 atom stereocenters. The number of nitrogens with one attached hydrogen (secondary N) is 2. The molecule has 12 heteroatoms. The second-order valence-corrected chi connectivity index (χ2v) is 8.63. The zero-order valence-electron chi connectivity index (χ0n) is 19.8. The number of amides is 1. The minimum atomic E-state index is -0.0778. The highest BCUT2D eigenvalue weighted by Gasteiger charge is 2.25. The fourth-order valence-electron chi connectivity index (χ4n) is 3.24.